The zero-order valence-corrected chi connectivity index (χ0v) is 10.9. The lowest BCUT2D eigenvalue weighted by Gasteiger charge is -2.29. The molecule has 0 radical (unpaired) electrons. The van der Waals surface area contributed by atoms with E-state index in [-0.39, 0.29) is 31.0 Å². The summed E-state index contributed by atoms with van der Waals surface area (Å²) in [7, 11) is 0. The van der Waals surface area contributed by atoms with E-state index in [0.29, 0.717) is 6.42 Å². The van der Waals surface area contributed by atoms with Gasteiger partial charge >= 0.3 is 0 Å². The standard InChI is InChI=1S/C14H18N2O3/c1-10(9-17)15-13(18)8-16-12-5-3-2-4-11(12)6-7-14(16)19/h2-5,10,17H,6-9H2,1H3,(H,15,18). The number of fused-ring (bicyclic) bond motifs is 1. The first-order valence-corrected chi connectivity index (χ1v) is 6.40. The summed E-state index contributed by atoms with van der Waals surface area (Å²) in [6.07, 6.45) is 1.15. The highest BCUT2D eigenvalue weighted by atomic mass is 16.3. The van der Waals surface area contributed by atoms with E-state index in [0.717, 1.165) is 17.7 Å². The van der Waals surface area contributed by atoms with Crippen molar-refractivity contribution in [1.29, 1.82) is 0 Å². The van der Waals surface area contributed by atoms with Crippen LogP contribution in [0.4, 0.5) is 5.69 Å². The van der Waals surface area contributed by atoms with Crippen LogP contribution in [0.3, 0.4) is 0 Å². The molecule has 5 nitrogen and oxygen atoms in total. The number of aliphatic hydroxyl groups excluding tert-OH is 1. The summed E-state index contributed by atoms with van der Waals surface area (Å²) < 4.78 is 0. The first kappa shape index (κ1) is 13.5. The SMILES string of the molecule is CC(CO)NC(=O)CN1C(=O)CCc2ccccc21. The Morgan fingerprint density at radius 1 is 1.42 bits per heavy atom. The lowest BCUT2D eigenvalue weighted by atomic mass is 10.0. The predicted molar refractivity (Wildman–Crippen MR) is 71.8 cm³/mol. The van der Waals surface area contributed by atoms with Crippen LogP contribution in [-0.4, -0.2) is 36.1 Å². The zero-order valence-electron chi connectivity index (χ0n) is 10.9. The fraction of sp³-hybridized carbons (Fsp3) is 0.429. The van der Waals surface area contributed by atoms with Gasteiger partial charge in [-0.1, -0.05) is 18.2 Å². The maximum absolute atomic E-state index is 11.9. The number of amides is 2. The average Bonchev–Trinajstić information content (AvgIpc) is 2.42. The van der Waals surface area contributed by atoms with Gasteiger partial charge in [-0.15, -0.1) is 0 Å². The molecule has 0 bridgehead atoms. The Morgan fingerprint density at radius 3 is 2.89 bits per heavy atom. The maximum atomic E-state index is 11.9. The number of hydrogen-bond acceptors (Lipinski definition) is 3. The van der Waals surface area contributed by atoms with Crippen LogP contribution in [0.5, 0.6) is 0 Å². The monoisotopic (exact) mass is 262 g/mol. The third-order valence-electron chi connectivity index (χ3n) is 3.17. The number of aryl methyl sites for hydroxylation is 1. The molecule has 1 unspecified atom stereocenters. The Labute approximate surface area is 112 Å². The van der Waals surface area contributed by atoms with Gasteiger partial charge < -0.3 is 15.3 Å². The van der Waals surface area contributed by atoms with Gasteiger partial charge in [0.25, 0.3) is 0 Å². The second-order valence-corrected chi connectivity index (χ2v) is 4.76. The predicted octanol–water partition coefficient (Wildman–Crippen LogP) is 0.463. The van der Waals surface area contributed by atoms with Gasteiger partial charge in [0.05, 0.1) is 6.61 Å². The van der Waals surface area contributed by atoms with Crippen molar-refractivity contribution in [2.45, 2.75) is 25.8 Å². The molecule has 2 rings (SSSR count). The van der Waals surface area contributed by atoms with Crippen LogP contribution in [0.25, 0.3) is 0 Å². The number of hydrogen-bond donors (Lipinski definition) is 2. The maximum Gasteiger partial charge on any atom is 0.240 e. The molecule has 0 aromatic heterocycles. The molecule has 102 valence electrons. The van der Waals surface area contributed by atoms with E-state index in [1.54, 1.807) is 6.92 Å². The molecule has 0 saturated carbocycles. The molecular weight excluding hydrogens is 244 g/mol. The van der Waals surface area contributed by atoms with Crippen LogP contribution >= 0.6 is 0 Å². The van der Waals surface area contributed by atoms with Crippen LogP contribution in [0.1, 0.15) is 18.9 Å². The fourth-order valence-corrected chi connectivity index (χ4v) is 2.18. The summed E-state index contributed by atoms with van der Waals surface area (Å²) in [6.45, 7) is 1.60. The topological polar surface area (TPSA) is 69.6 Å². The van der Waals surface area contributed by atoms with Crippen molar-refractivity contribution in [1.82, 2.24) is 5.32 Å². The molecule has 0 aliphatic carbocycles. The van der Waals surface area contributed by atoms with Crippen molar-refractivity contribution >= 4 is 17.5 Å². The molecule has 1 atom stereocenters. The van der Waals surface area contributed by atoms with Gasteiger partial charge in [-0.3, -0.25) is 9.59 Å². The second-order valence-electron chi connectivity index (χ2n) is 4.76. The van der Waals surface area contributed by atoms with Crippen molar-refractivity contribution in [3.05, 3.63) is 29.8 Å². The third kappa shape index (κ3) is 3.12. The number of carbonyl (C=O) groups is 2. The zero-order chi connectivity index (χ0) is 13.8. The largest absolute Gasteiger partial charge is 0.394 e. The number of rotatable bonds is 4. The first-order valence-electron chi connectivity index (χ1n) is 6.40. The lowest BCUT2D eigenvalue weighted by molar-refractivity contribution is -0.124. The van der Waals surface area contributed by atoms with E-state index in [1.807, 2.05) is 24.3 Å². The molecule has 1 aliphatic heterocycles. The molecule has 2 N–H and O–H groups in total. The van der Waals surface area contributed by atoms with Crippen molar-refractivity contribution in [3.63, 3.8) is 0 Å². The molecule has 1 aliphatic rings. The van der Waals surface area contributed by atoms with Gasteiger partial charge in [-0.05, 0) is 25.0 Å². The summed E-state index contributed by atoms with van der Waals surface area (Å²) >= 11 is 0. The van der Waals surface area contributed by atoms with Crippen LogP contribution < -0.4 is 10.2 Å². The number of benzene rings is 1. The highest BCUT2D eigenvalue weighted by molar-refractivity contribution is 6.01. The van der Waals surface area contributed by atoms with Crippen LogP contribution in [-0.2, 0) is 16.0 Å². The molecule has 2 amide bonds. The summed E-state index contributed by atoms with van der Waals surface area (Å²) in [4.78, 5) is 25.3. The number of nitrogens with one attached hydrogen (secondary N) is 1. The molecule has 0 saturated heterocycles. The highest BCUT2D eigenvalue weighted by Gasteiger charge is 2.25. The number of aliphatic hydroxyl groups is 1. The molecule has 19 heavy (non-hydrogen) atoms. The van der Waals surface area contributed by atoms with E-state index in [2.05, 4.69) is 5.32 Å². The van der Waals surface area contributed by atoms with Gasteiger partial charge in [-0.2, -0.15) is 0 Å². The average molecular weight is 262 g/mol. The van der Waals surface area contributed by atoms with E-state index in [1.165, 1.54) is 4.90 Å². The lowest BCUT2D eigenvalue weighted by Crippen LogP contribution is -2.46. The third-order valence-corrected chi connectivity index (χ3v) is 3.17. The first-order chi connectivity index (χ1) is 9.11. The number of anilines is 1. The van der Waals surface area contributed by atoms with Gasteiger partial charge in [0, 0.05) is 18.2 Å². The quantitative estimate of drug-likeness (QED) is 0.828. The van der Waals surface area contributed by atoms with Crippen LogP contribution in [0.2, 0.25) is 0 Å². The van der Waals surface area contributed by atoms with E-state index < -0.39 is 0 Å². The minimum atomic E-state index is -0.303. The second kappa shape index (κ2) is 5.84. The number of para-hydroxylation sites is 1. The molecule has 1 aromatic rings. The Kier molecular flexibility index (Phi) is 4.16. The summed E-state index contributed by atoms with van der Waals surface area (Å²) in [5.74, 6) is -0.294. The van der Waals surface area contributed by atoms with Gasteiger partial charge in [0.1, 0.15) is 6.54 Å². The fourth-order valence-electron chi connectivity index (χ4n) is 2.18. The van der Waals surface area contributed by atoms with Crippen molar-refractivity contribution in [3.8, 4) is 0 Å². The Bertz CT molecular complexity index is 487. The molecule has 0 fully saturated rings. The normalized spacial score (nSPS) is 15.9. The Balaban J connectivity index is 2.11. The smallest absolute Gasteiger partial charge is 0.240 e. The highest BCUT2D eigenvalue weighted by Crippen LogP contribution is 2.26. The summed E-state index contributed by atoms with van der Waals surface area (Å²) in [5.41, 5.74) is 1.90. The van der Waals surface area contributed by atoms with E-state index >= 15 is 0 Å². The number of carbonyl (C=O) groups excluding carboxylic acids is 2. The van der Waals surface area contributed by atoms with Gasteiger partial charge in [0.2, 0.25) is 11.8 Å². The minimum Gasteiger partial charge on any atom is -0.394 e. The van der Waals surface area contributed by atoms with E-state index in [9.17, 15) is 9.59 Å². The molecule has 0 spiro atoms. The Hall–Kier alpha value is -1.88. The minimum absolute atomic E-state index is 0.000185. The van der Waals surface area contributed by atoms with Crippen molar-refractivity contribution in [2.24, 2.45) is 0 Å². The van der Waals surface area contributed by atoms with Gasteiger partial charge in [-0.25, -0.2) is 0 Å². The van der Waals surface area contributed by atoms with Gasteiger partial charge in [0.15, 0.2) is 0 Å². The summed E-state index contributed by atoms with van der Waals surface area (Å²) in [6, 6.07) is 7.32. The summed E-state index contributed by atoms with van der Waals surface area (Å²) in [5, 5.41) is 11.5. The van der Waals surface area contributed by atoms with Crippen molar-refractivity contribution in [2.75, 3.05) is 18.1 Å². The van der Waals surface area contributed by atoms with Crippen LogP contribution in [0, 0.1) is 0 Å². The molecular formula is C14H18N2O3. The molecule has 1 aromatic carbocycles. The Morgan fingerprint density at radius 2 is 2.16 bits per heavy atom. The van der Waals surface area contributed by atoms with Crippen LogP contribution in [0.15, 0.2) is 24.3 Å². The molecule has 5 heteroatoms. The van der Waals surface area contributed by atoms with Crippen molar-refractivity contribution < 1.29 is 14.7 Å². The van der Waals surface area contributed by atoms with E-state index in [4.69, 9.17) is 5.11 Å². The number of nitrogens with zero attached hydrogens (tertiary/aromatic N) is 1. The molecule has 1 heterocycles.